The average Bonchev–Trinajstić information content (AvgIpc) is 3.18. The molecule has 0 aromatic carbocycles. The molecule has 0 bridgehead atoms. The van der Waals surface area contributed by atoms with Crippen LogP contribution >= 0.6 is 15.9 Å². The molecule has 1 aromatic rings. The SMILES string of the molecule is CN(CCOCC1CC1)C(=O)c1cccnc1Br. The van der Waals surface area contributed by atoms with E-state index in [2.05, 4.69) is 20.9 Å². The van der Waals surface area contributed by atoms with Crippen LogP contribution < -0.4 is 0 Å². The zero-order chi connectivity index (χ0) is 13.0. The quantitative estimate of drug-likeness (QED) is 0.598. The van der Waals surface area contributed by atoms with E-state index in [0.717, 1.165) is 12.5 Å². The Balaban J connectivity index is 1.78. The monoisotopic (exact) mass is 312 g/mol. The van der Waals surface area contributed by atoms with Gasteiger partial charge in [0.25, 0.3) is 5.91 Å². The summed E-state index contributed by atoms with van der Waals surface area (Å²) in [5.41, 5.74) is 0.585. The lowest BCUT2D eigenvalue weighted by Crippen LogP contribution is -2.30. The Kier molecular flexibility index (Phi) is 4.72. The van der Waals surface area contributed by atoms with E-state index in [1.165, 1.54) is 12.8 Å². The molecule has 0 unspecified atom stereocenters. The number of hydrogen-bond acceptors (Lipinski definition) is 3. The fourth-order valence-electron chi connectivity index (χ4n) is 1.59. The van der Waals surface area contributed by atoms with Crippen LogP contribution in [0.15, 0.2) is 22.9 Å². The zero-order valence-electron chi connectivity index (χ0n) is 10.4. The third-order valence-electron chi connectivity index (χ3n) is 2.96. The number of rotatable bonds is 6. The van der Waals surface area contributed by atoms with Gasteiger partial charge in [0.1, 0.15) is 4.60 Å². The van der Waals surface area contributed by atoms with E-state index >= 15 is 0 Å². The Hall–Kier alpha value is -0.940. The molecule has 1 amide bonds. The van der Waals surface area contributed by atoms with Gasteiger partial charge in [-0.3, -0.25) is 4.79 Å². The van der Waals surface area contributed by atoms with E-state index in [1.54, 1.807) is 30.3 Å². The minimum atomic E-state index is -0.0370. The number of aromatic nitrogens is 1. The summed E-state index contributed by atoms with van der Waals surface area (Å²) in [7, 11) is 1.78. The number of carbonyl (C=O) groups excluding carboxylic acids is 1. The van der Waals surface area contributed by atoms with Gasteiger partial charge in [-0.1, -0.05) is 0 Å². The number of hydrogen-bond donors (Lipinski definition) is 0. The number of carbonyl (C=O) groups is 1. The van der Waals surface area contributed by atoms with E-state index < -0.39 is 0 Å². The molecule has 1 aliphatic carbocycles. The topological polar surface area (TPSA) is 42.4 Å². The van der Waals surface area contributed by atoms with Gasteiger partial charge in [-0.05, 0) is 46.8 Å². The molecule has 1 heterocycles. The second kappa shape index (κ2) is 6.29. The van der Waals surface area contributed by atoms with Crippen LogP contribution in [0.5, 0.6) is 0 Å². The maximum Gasteiger partial charge on any atom is 0.256 e. The molecule has 0 radical (unpaired) electrons. The van der Waals surface area contributed by atoms with Crippen LogP contribution in [0.1, 0.15) is 23.2 Å². The lowest BCUT2D eigenvalue weighted by atomic mass is 10.2. The molecule has 0 spiro atoms. The maximum atomic E-state index is 12.1. The van der Waals surface area contributed by atoms with E-state index in [9.17, 15) is 4.79 Å². The van der Waals surface area contributed by atoms with Gasteiger partial charge >= 0.3 is 0 Å². The van der Waals surface area contributed by atoms with Crippen molar-refractivity contribution < 1.29 is 9.53 Å². The van der Waals surface area contributed by atoms with Gasteiger partial charge in [0, 0.05) is 26.4 Å². The van der Waals surface area contributed by atoms with E-state index in [0.29, 0.717) is 23.3 Å². The Morgan fingerprint density at radius 2 is 2.39 bits per heavy atom. The zero-order valence-corrected chi connectivity index (χ0v) is 12.0. The lowest BCUT2D eigenvalue weighted by Gasteiger charge is -2.17. The van der Waals surface area contributed by atoms with Crippen LogP contribution in [-0.2, 0) is 4.74 Å². The first kappa shape index (κ1) is 13.5. The van der Waals surface area contributed by atoms with Crippen LogP contribution in [0, 0.1) is 5.92 Å². The molecule has 18 heavy (non-hydrogen) atoms. The highest BCUT2D eigenvalue weighted by Gasteiger charge is 2.21. The molecule has 1 fully saturated rings. The average molecular weight is 313 g/mol. The Bertz CT molecular complexity index is 421. The molecule has 1 aromatic heterocycles. The summed E-state index contributed by atoms with van der Waals surface area (Å²) in [4.78, 5) is 17.8. The molecule has 4 nitrogen and oxygen atoms in total. The van der Waals surface area contributed by atoms with E-state index in [-0.39, 0.29) is 5.91 Å². The fourth-order valence-corrected chi connectivity index (χ4v) is 2.01. The molecule has 5 heteroatoms. The van der Waals surface area contributed by atoms with Crippen molar-refractivity contribution in [3.63, 3.8) is 0 Å². The van der Waals surface area contributed by atoms with Gasteiger partial charge in [0.15, 0.2) is 0 Å². The Morgan fingerprint density at radius 3 is 3.06 bits per heavy atom. The smallest absolute Gasteiger partial charge is 0.256 e. The van der Waals surface area contributed by atoms with Crippen molar-refractivity contribution in [2.45, 2.75) is 12.8 Å². The molecular weight excluding hydrogens is 296 g/mol. The first-order valence-corrected chi connectivity index (χ1v) is 6.91. The van der Waals surface area contributed by atoms with Crippen molar-refractivity contribution in [1.82, 2.24) is 9.88 Å². The lowest BCUT2D eigenvalue weighted by molar-refractivity contribution is 0.0680. The van der Waals surface area contributed by atoms with Crippen molar-refractivity contribution in [1.29, 1.82) is 0 Å². The highest BCUT2D eigenvalue weighted by molar-refractivity contribution is 9.10. The molecule has 2 rings (SSSR count). The highest BCUT2D eigenvalue weighted by Crippen LogP contribution is 2.28. The first-order chi connectivity index (χ1) is 8.68. The number of halogens is 1. The van der Waals surface area contributed by atoms with Gasteiger partial charge in [-0.2, -0.15) is 0 Å². The first-order valence-electron chi connectivity index (χ1n) is 6.12. The van der Waals surface area contributed by atoms with Crippen molar-refractivity contribution >= 4 is 21.8 Å². The normalized spacial score (nSPS) is 14.6. The molecule has 98 valence electrons. The van der Waals surface area contributed by atoms with Gasteiger partial charge in [0.05, 0.1) is 12.2 Å². The molecule has 0 atom stereocenters. The van der Waals surface area contributed by atoms with Gasteiger partial charge in [-0.25, -0.2) is 4.98 Å². The number of pyridine rings is 1. The van der Waals surface area contributed by atoms with Crippen LogP contribution in [0.3, 0.4) is 0 Å². The third kappa shape index (κ3) is 3.78. The largest absolute Gasteiger partial charge is 0.379 e. The van der Waals surface area contributed by atoms with Crippen molar-refractivity contribution in [3.05, 3.63) is 28.5 Å². The minimum Gasteiger partial charge on any atom is -0.379 e. The standard InChI is InChI=1S/C13H17BrN2O2/c1-16(7-8-18-9-10-4-5-10)13(17)11-3-2-6-15-12(11)14/h2-3,6,10H,4-5,7-9H2,1H3. The molecule has 0 aliphatic heterocycles. The molecule has 0 saturated heterocycles. The van der Waals surface area contributed by atoms with Crippen LogP contribution in [-0.4, -0.2) is 42.6 Å². The number of ether oxygens (including phenoxy) is 1. The van der Waals surface area contributed by atoms with E-state index in [1.807, 2.05) is 0 Å². The van der Waals surface area contributed by atoms with Crippen molar-refractivity contribution in [2.75, 3.05) is 26.8 Å². The van der Waals surface area contributed by atoms with Crippen LogP contribution in [0.4, 0.5) is 0 Å². The second-order valence-corrected chi connectivity index (χ2v) is 5.34. The Labute approximate surface area is 115 Å². The molecular formula is C13H17BrN2O2. The Morgan fingerprint density at radius 1 is 1.61 bits per heavy atom. The summed E-state index contributed by atoms with van der Waals surface area (Å²) in [5, 5.41) is 0. The van der Waals surface area contributed by atoms with E-state index in [4.69, 9.17) is 4.74 Å². The molecule has 0 N–H and O–H groups in total. The summed E-state index contributed by atoms with van der Waals surface area (Å²) in [5.74, 6) is 0.725. The van der Waals surface area contributed by atoms with Gasteiger partial charge < -0.3 is 9.64 Å². The summed E-state index contributed by atoms with van der Waals surface area (Å²) in [6, 6.07) is 3.52. The molecule has 1 aliphatic rings. The minimum absolute atomic E-state index is 0.0370. The van der Waals surface area contributed by atoms with Crippen LogP contribution in [0.2, 0.25) is 0 Å². The van der Waals surface area contributed by atoms with Gasteiger partial charge in [0.2, 0.25) is 0 Å². The van der Waals surface area contributed by atoms with Crippen LogP contribution in [0.25, 0.3) is 0 Å². The third-order valence-corrected chi connectivity index (χ3v) is 3.59. The maximum absolute atomic E-state index is 12.1. The highest BCUT2D eigenvalue weighted by atomic mass is 79.9. The molecule has 1 saturated carbocycles. The fraction of sp³-hybridized carbons (Fsp3) is 0.538. The predicted molar refractivity (Wildman–Crippen MR) is 72.4 cm³/mol. The summed E-state index contributed by atoms with van der Waals surface area (Å²) in [6.07, 6.45) is 4.23. The van der Waals surface area contributed by atoms with Crippen molar-refractivity contribution in [3.8, 4) is 0 Å². The second-order valence-electron chi connectivity index (χ2n) is 4.59. The van der Waals surface area contributed by atoms with Crippen molar-refractivity contribution in [2.24, 2.45) is 5.92 Å². The summed E-state index contributed by atoms with van der Waals surface area (Å²) < 4.78 is 6.11. The summed E-state index contributed by atoms with van der Waals surface area (Å²) >= 11 is 3.28. The number of nitrogens with zero attached hydrogens (tertiary/aromatic N) is 2. The summed E-state index contributed by atoms with van der Waals surface area (Å²) in [6.45, 7) is 2.03. The predicted octanol–water partition coefficient (Wildman–Crippen LogP) is 2.34. The number of likely N-dealkylation sites (N-methyl/N-ethyl adjacent to an activating group) is 1. The number of amides is 1. The van der Waals surface area contributed by atoms with Gasteiger partial charge in [-0.15, -0.1) is 0 Å².